The number of aromatic nitrogens is 2. The molecule has 0 spiro atoms. The third-order valence-corrected chi connectivity index (χ3v) is 3.10. The van der Waals surface area contributed by atoms with Gasteiger partial charge in [0.2, 0.25) is 11.7 Å². The van der Waals surface area contributed by atoms with Crippen molar-refractivity contribution in [3.8, 4) is 0 Å². The van der Waals surface area contributed by atoms with Crippen molar-refractivity contribution in [2.24, 2.45) is 0 Å². The van der Waals surface area contributed by atoms with Gasteiger partial charge >= 0.3 is 5.97 Å². The number of nitrogens with one attached hydrogen (secondary N) is 1. The highest BCUT2D eigenvalue weighted by Crippen LogP contribution is 2.19. The molecule has 2 aromatic heterocycles. The van der Waals surface area contributed by atoms with Gasteiger partial charge in [0.1, 0.15) is 11.6 Å². The smallest absolute Gasteiger partial charge is 0.373 e. The van der Waals surface area contributed by atoms with Crippen molar-refractivity contribution >= 4 is 28.6 Å². The number of furan rings is 1. The highest BCUT2D eigenvalue weighted by molar-refractivity contribution is 5.88. The van der Waals surface area contributed by atoms with Gasteiger partial charge in [-0.05, 0) is 24.3 Å². The van der Waals surface area contributed by atoms with Crippen LogP contribution in [0.2, 0.25) is 0 Å². The molecule has 7 heteroatoms. The van der Waals surface area contributed by atoms with E-state index in [1.165, 1.54) is 7.11 Å². The Bertz CT molecular complexity index is 829. The average Bonchev–Trinajstić information content (AvgIpc) is 3.01. The molecule has 7 nitrogen and oxygen atoms in total. The number of fused-ring (bicyclic) bond motifs is 1. The number of hydrogen-bond acceptors (Lipinski definition) is 7. The highest BCUT2D eigenvalue weighted by Gasteiger charge is 2.11. The summed E-state index contributed by atoms with van der Waals surface area (Å²) in [7, 11) is 1.30. The van der Waals surface area contributed by atoms with E-state index in [-0.39, 0.29) is 5.76 Å². The number of carbonyl (C=O) groups excluding carboxylic acids is 1. The van der Waals surface area contributed by atoms with Crippen molar-refractivity contribution in [2.75, 3.05) is 18.2 Å². The summed E-state index contributed by atoms with van der Waals surface area (Å²) in [6.07, 6.45) is 0. The summed E-state index contributed by atoms with van der Waals surface area (Å²) in [6, 6.07) is 10.7. The van der Waals surface area contributed by atoms with E-state index < -0.39 is 5.97 Å². The van der Waals surface area contributed by atoms with E-state index in [0.29, 0.717) is 24.1 Å². The van der Waals surface area contributed by atoms with E-state index in [2.05, 4.69) is 20.0 Å². The lowest BCUT2D eigenvalue weighted by molar-refractivity contribution is 0.0563. The zero-order chi connectivity index (χ0) is 15.5. The van der Waals surface area contributed by atoms with Gasteiger partial charge in [0.15, 0.2) is 0 Å². The summed E-state index contributed by atoms with van der Waals surface area (Å²) < 4.78 is 9.93. The molecule has 0 amide bonds. The summed E-state index contributed by atoms with van der Waals surface area (Å²) in [5.41, 5.74) is 6.67. The Labute approximate surface area is 126 Å². The molecule has 3 N–H and O–H groups in total. The number of para-hydroxylation sites is 1. The third kappa shape index (κ3) is 2.69. The van der Waals surface area contributed by atoms with Gasteiger partial charge in [0.25, 0.3) is 0 Å². The number of methoxy groups -OCH3 is 1. The standard InChI is InChI=1S/C15H14N4O3/c1-21-14(20)12-7-6-9(22-12)8-17-15-18-11-5-3-2-4-10(11)13(16)19-15/h2-7H,8H2,1H3,(H3,16,17,18,19). The maximum atomic E-state index is 11.3. The van der Waals surface area contributed by atoms with Gasteiger partial charge in [-0.15, -0.1) is 0 Å². The Morgan fingerprint density at radius 1 is 1.27 bits per heavy atom. The Morgan fingerprint density at radius 3 is 2.91 bits per heavy atom. The molecule has 3 rings (SSSR count). The predicted molar refractivity (Wildman–Crippen MR) is 81.3 cm³/mol. The van der Waals surface area contributed by atoms with Crippen LogP contribution >= 0.6 is 0 Å². The quantitative estimate of drug-likeness (QED) is 0.711. The number of carbonyl (C=O) groups is 1. The van der Waals surface area contributed by atoms with Crippen LogP contribution in [-0.2, 0) is 11.3 Å². The molecule has 0 fully saturated rings. The maximum absolute atomic E-state index is 11.3. The molecule has 0 aliphatic carbocycles. The van der Waals surface area contributed by atoms with E-state index in [0.717, 1.165) is 10.9 Å². The Balaban J connectivity index is 1.76. The molecule has 0 atom stereocenters. The Hall–Kier alpha value is -3.09. The normalized spacial score (nSPS) is 10.6. The molecule has 22 heavy (non-hydrogen) atoms. The van der Waals surface area contributed by atoms with Gasteiger partial charge in [-0.2, -0.15) is 4.98 Å². The minimum atomic E-state index is -0.516. The zero-order valence-electron chi connectivity index (χ0n) is 11.9. The Morgan fingerprint density at radius 2 is 2.09 bits per heavy atom. The van der Waals surface area contributed by atoms with Crippen LogP contribution in [0.25, 0.3) is 10.9 Å². The number of esters is 1. The fraction of sp³-hybridized carbons (Fsp3) is 0.133. The second kappa shape index (κ2) is 5.72. The van der Waals surface area contributed by atoms with Crippen LogP contribution in [0.3, 0.4) is 0 Å². The lowest BCUT2D eigenvalue weighted by Crippen LogP contribution is -2.05. The third-order valence-electron chi connectivity index (χ3n) is 3.10. The van der Waals surface area contributed by atoms with E-state index in [1.54, 1.807) is 12.1 Å². The number of rotatable bonds is 4. The first-order chi connectivity index (χ1) is 10.7. The summed E-state index contributed by atoms with van der Waals surface area (Å²) in [5.74, 6) is 1.00. The molecule has 112 valence electrons. The van der Waals surface area contributed by atoms with E-state index >= 15 is 0 Å². The van der Waals surface area contributed by atoms with Gasteiger partial charge < -0.3 is 20.2 Å². The minimum absolute atomic E-state index is 0.151. The molecule has 0 saturated carbocycles. The average molecular weight is 298 g/mol. The maximum Gasteiger partial charge on any atom is 0.373 e. The van der Waals surface area contributed by atoms with Crippen molar-refractivity contribution in [1.82, 2.24) is 9.97 Å². The zero-order valence-corrected chi connectivity index (χ0v) is 11.9. The second-order valence-electron chi connectivity index (χ2n) is 4.56. The van der Waals surface area contributed by atoms with Crippen molar-refractivity contribution in [3.63, 3.8) is 0 Å². The van der Waals surface area contributed by atoms with E-state index in [1.807, 2.05) is 24.3 Å². The molecule has 0 unspecified atom stereocenters. The summed E-state index contributed by atoms with van der Waals surface area (Å²) in [5, 5.41) is 3.82. The van der Waals surface area contributed by atoms with Gasteiger partial charge in [0.05, 0.1) is 19.2 Å². The summed E-state index contributed by atoms with van der Waals surface area (Å²) in [4.78, 5) is 19.9. The minimum Gasteiger partial charge on any atom is -0.463 e. The first kappa shape index (κ1) is 13.9. The van der Waals surface area contributed by atoms with Crippen LogP contribution in [0.15, 0.2) is 40.8 Å². The first-order valence-electron chi connectivity index (χ1n) is 6.60. The number of anilines is 2. The first-order valence-corrected chi connectivity index (χ1v) is 6.60. The number of ether oxygens (including phenoxy) is 1. The van der Waals surface area contributed by atoms with Crippen molar-refractivity contribution in [2.45, 2.75) is 6.54 Å². The van der Waals surface area contributed by atoms with Gasteiger partial charge in [0, 0.05) is 5.39 Å². The molecule has 0 aliphatic rings. The SMILES string of the molecule is COC(=O)c1ccc(CNc2nc(N)c3ccccc3n2)o1. The lowest BCUT2D eigenvalue weighted by Gasteiger charge is -2.06. The molecule has 0 radical (unpaired) electrons. The number of hydrogen-bond donors (Lipinski definition) is 2. The fourth-order valence-corrected chi connectivity index (χ4v) is 2.03. The van der Waals surface area contributed by atoms with Gasteiger partial charge in [-0.25, -0.2) is 9.78 Å². The van der Waals surface area contributed by atoms with Crippen LogP contribution < -0.4 is 11.1 Å². The number of nitrogen functional groups attached to an aromatic ring is 1. The topological polar surface area (TPSA) is 103 Å². The number of nitrogens with two attached hydrogens (primary N) is 1. The fourth-order valence-electron chi connectivity index (χ4n) is 2.03. The monoisotopic (exact) mass is 298 g/mol. The molecule has 3 aromatic rings. The molecule has 2 heterocycles. The summed E-state index contributed by atoms with van der Waals surface area (Å²) >= 11 is 0. The summed E-state index contributed by atoms with van der Waals surface area (Å²) in [6.45, 7) is 0.328. The molecule has 0 aliphatic heterocycles. The van der Waals surface area contributed by atoms with Crippen LogP contribution in [0.1, 0.15) is 16.3 Å². The van der Waals surface area contributed by atoms with Gasteiger partial charge in [-0.1, -0.05) is 12.1 Å². The number of benzene rings is 1. The van der Waals surface area contributed by atoms with Crippen LogP contribution in [0, 0.1) is 0 Å². The van der Waals surface area contributed by atoms with Crippen LogP contribution in [0.4, 0.5) is 11.8 Å². The lowest BCUT2D eigenvalue weighted by atomic mass is 10.2. The Kier molecular flexibility index (Phi) is 3.61. The van der Waals surface area contributed by atoms with Crippen LogP contribution in [0.5, 0.6) is 0 Å². The molecule has 1 aromatic carbocycles. The van der Waals surface area contributed by atoms with E-state index in [9.17, 15) is 4.79 Å². The number of nitrogens with zero attached hydrogens (tertiary/aromatic N) is 2. The van der Waals surface area contributed by atoms with E-state index in [4.69, 9.17) is 10.2 Å². The largest absolute Gasteiger partial charge is 0.463 e. The van der Waals surface area contributed by atoms with Crippen molar-refractivity contribution in [1.29, 1.82) is 0 Å². The molecular formula is C15H14N4O3. The molecule has 0 saturated heterocycles. The predicted octanol–water partition coefficient (Wildman–Crippen LogP) is 2.20. The van der Waals surface area contributed by atoms with Crippen molar-refractivity contribution in [3.05, 3.63) is 47.9 Å². The molecule has 0 bridgehead atoms. The highest BCUT2D eigenvalue weighted by atomic mass is 16.5. The molecular weight excluding hydrogens is 284 g/mol. The van der Waals surface area contributed by atoms with Gasteiger partial charge in [-0.3, -0.25) is 0 Å². The van der Waals surface area contributed by atoms with Crippen LogP contribution in [-0.4, -0.2) is 23.0 Å². The van der Waals surface area contributed by atoms with Crippen molar-refractivity contribution < 1.29 is 13.9 Å². The second-order valence-corrected chi connectivity index (χ2v) is 4.56.